The number of carbonyl (C=O) groups excluding carboxylic acids is 1. The summed E-state index contributed by atoms with van der Waals surface area (Å²) in [6.45, 7) is 5.02. The van der Waals surface area contributed by atoms with E-state index in [1.807, 2.05) is 12.1 Å². The van der Waals surface area contributed by atoms with Gasteiger partial charge in [0.15, 0.2) is 5.13 Å². The van der Waals surface area contributed by atoms with Gasteiger partial charge in [-0.2, -0.15) is 0 Å². The van der Waals surface area contributed by atoms with E-state index in [0.29, 0.717) is 16.6 Å². The first kappa shape index (κ1) is 13.8. The normalized spacial score (nSPS) is 11.1. The zero-order chi connectivity index (χ0) is 13.8. The van der Waals surface area contributed by atoms with Gasteiger partial charge in [0.2, 0.25) is 0 Å². The molecule has 0 saturated heterocycles. The SMILES string of the molecule is CCC(CC)CNC(=O)c1ccc2nc(N)sc2c1. The molecule has 1 aromatic heterocycles. The van der Waals surface area contributed by atoms with Crippen molar-refractivity contribution >= 4 is 32.6 Å². The largest absolute Gasteiger partial charge is 0.375 e. The summed E-state index contributed by atoms with van der Waals surface area (Å²) in [5, 5.41) is 3.52. The van der Waals surface area contributed by atoms with Crippen molar-refractivity contribution in [2.75, 3.05) is 12.3 Å². The molecule has 0 fully saturated rings. The van der Waals surface area contributed by atoms with E-state index >= 15 is 0 Å². The number of hydrogen-bond donors (Lipinski definition) is 2. The van der Waals surface area contributed by atoms with Gasteiger partial charge in [0, 0.05) is 12.1 Å². The van der Waals surface area contributed by atoms with Gasteiger partial charge in [-0.1, -0.05) is 38.0 Å². The maximum absolute atomic E-state index is 12.1. The molecule has 0 bridgehead atoms. The molecule has 0 aliphatic carbocycles. The molecule has 3 N–H and O–H groups in total. The molecule has 4 nitrogen and oxygen atoms in total. The number of nitrogen functional groups attached to an aromatic ring is 1. The number of anilines is 1. The molecule has 0 aliphatic rings. The van der Waals surface area contributed by atoms with E-state index in [4.69, 9.17) is 5.73 Å². The smallest absolute Gasteiger partial charge is 0.251 e. The van der Waals surface area contributed by atoms with Crippen LogP contribution in [0.2, 0.25) is 0 Å². The highest BCUT2D eigenvalue weighted by Crippen LogP contribution is 2.24. The minimum absolute atomic E-state index is 0.0271. The minimum atomic E-state index is -0.0271. The number of nitrogens with zero attached hydrogens (tertiary/aromatic N) is 1. The van der Waals surface area contributed by atoms with E-state index in [1.165, 1.54) is 11.3 Å². The quantitative estimate of drug-likeness (QED) is 0.882. The lowest BCUT2D eigenvalue weighted by Gasteiger charge is -2.13. The highest BCUT2D eigenvalue weighted by atomic mass is 32.1. The Balaban J connectivity index is 2.08. The molecule has 102 valence electrons. The molecule has 19 heavy (non-hydrogen) atoms. The predicted molar refractivity (Wildman–Crippen MR) is 80.4 cm³/mol. The van der Waals surface area contributed by atoms with Crippen LogP contribution in [0.25, 0.3) is 10.2 Å². The first-order chi connectivity index (χ1) is 9.13. The maximum atomic E-state index is 12.1. The highest BCUT2D eigenvalue weighted by molar-refractivity contribution is 7.22. The van der Waals surface area contributed by atoms with E-state index in [1.54, 1.807) is 6.07 Å². The van der Waals surface area contributed by atoms with Crippen LogP contribution in [0, 0.1) is 5.92 Å². The number of nitrogens with two attached hydrogens (primary N) is 1. The molecule has 5 heteroatoms. The highest BCUT2D eigenvalue weighted by Gasteiger charge is 2.10. The summed E-state index contributed by atoms with van der Waals surface area (Å²) < 4.78 is 0.952. The molecule has 2 rings (SSSR count). The second-order valence-electron chi connectivity index (χ2n) is 4.63. The second-order valence-corrected chi connectivity index (χ2v) is 5.69. The number of fused-ring (bicyclic) bond motifs is 1. The third-order valence-electron chi connectivity index (χ3n) is 3.37. The van der Waals surface area contributed by atoms with Crippen LogP contribution in [0.4, 0.5) is 5.13 Å². The van der Waals surface area contributed by atoms with Crippen LogP contribution in [0.3, 0.4) is 0 Å². The summed E-state index contributed by atoms with van der Waals surface area (Å²) in [6, 6.07) is 5.49. The Hall–Kier alpha value is -1.62. The number of nitrogens with one attached hydrogen (secondary N) is 1. The Morgan fingerprint density at radius 3 is 2.84 bits per heavy atom. The monoisotopic (exact) mass is 277 g/mol. The van der Waals surface area contributed by atoms with Crippen molar-refractivity contribution < 1.29 is 4.79 Å². The fraction of sp³-hybridized carbons (Fsp3) is 0.429. The Morgan fingerprint density at radius 2 is 2.16 bits per heavy atom. The van der Waals surface area contributed by atoms with Gasteiger partial charge in [0.05, 0.1) is 10.2 Å². The molecule has 0 unspecified atom stereocenters. The van der Waals surface area contributed by atoms with Gasteiger partial charge >= 0.3 is 0 Å². The average molecular weight is 277 g/mol. The number of amides is 1. The molecule has 0 saturated carbocycles. The topological polar surface area (TPSA) is 68.0 Å². The lowest BCUT2D eigenvalue weighted by molar-refractivity contribution is 0.0946. The van der Waals surface area contributed by atoms with Crippen LogP contribution in [0.5, 0.6) is 0 Å². The zero-order valence-electron chi connectivity index (χ0n) is 11.3. The van der Waals surface area contributed by atoms with Crippen molar-refractivity contribution in [1.29, 1.82) is 0 Å². The van der Waals surface area contributed by atoms with Crippen molar-refractivity contribution in [3.05, 3.63) is 23.8 Å². The summed E-state index contributed by atoms with van der Waals surface area (Å²) in [5.74, 6) is 0.521. The third kappa shape index (κ3) is 3.23. The standard InChI is InChI=1S/C14H19N3OS/c1-3-9(4-2)8-16-13(18)10-5-6-11-12(7-10)19-14(15)17-11/h5-7,9H,3-4,8H2,1-2H3,(H2,15,17)(H,16,18). The first-order valence-corrected chi connectivity index (χ1v) is 7.40. The van der Waals surface area contributed by atoms with Crippen molar-refractivity contribution in [3.63, 3.8) is 0 Å². The van der Waals surface area contributed by atoms with Gasteiger partial charge < -0.3 is 11.1 Å². The van der Waals surface area contributed by atoms with Crippen molar-refractivity contribution in [2.24, 2.45) is 5.92 Å². The van der Waals surface area contributed by atoms with Crippen molar-refractivity contribution in [2.45, 2.75) is 26.7 Å². The number of aromatic nitrogens is 1. The van der Waals surface area contributed by atoms with Crippen LogP contribution < -0.4 is 11.1 Å². The van der Waals surface area contributed by atoms with E-state index in [2.05, 4.69) is 24.1 Å². The Morgan fingerprint density at radius 1 is 1.42 bits per heavy atom. The molecule has 2 aromatic rings. The van der Waals surface area contributed by atoms with E-state index < -0.39 is 0 Å². The number of carbonyl (C=O) groups is 1. The number of rotatable bonds is 5. The van der Waals surface area contributed by atoms with E-state index in [9.17, 15) is 4.79 Å². The van der Waals surface area contributed by atoms with Gasteiger partial charge in [-0.05, 0) is 24.1 Å². The molecule has 0 radical (unpaired) electrons. The van der Waals surface area contributed by atoms with Gasteiger partial charge in [-0.15, -0.1) is 0 Å². The Bertz CT molecular complexity index is 575. The number of benzene rings is 1. The Labute approximate surface area is 117 Å². The molecule has 0 atom stereocenters. The lowest BCUT2D eigenvalue weighted by Crippen LogP contribution is -2.28. The molecule has 0 aliphatic heterocycles. The van der Waals surface area contributed by atoms with Crippen LogP contribution in [0.1, 0.15) is 37.0 Å². The fourth-order valence-corrected chi connectivity index (χ4v) is 2.77. The maximum Gasteiger partial charge on any atom is 0.251 e. The van der Waals surface area contributed by atoms with E-state index in [-0.39, 0.29) is 5.91 Å². The van der Waals surface area contributed by atoms with Crippen LogP contribution in [-0.4, -0.2) is 17.4 Å². The van der Waals surface area contributed by atoms with Crippen molar-refractivity contribution in [3.8, 4) is 0 Å². The molecule has 1 heterocycles. The average Bonchev–Trinajstić information content (AvgIpc) is 2.78. The van der Waals surface area contributed by atoms with Gasteiger partial charge in [-0.25, -0.2) is 4.98 Å². The molecule has 1 aromatic carbocycles. The second kappa shape index (κ2) is 6.02. The van der Waals surface area contributed by atoms with Gasteiger partial charge in [0.25, 0.3) is 5.91 Å². The van der Waals surface area contributed by atoms with Gasteiger partial charge in [0.1, 0.15) is 0 Å². The lowest BCUT2D eigenvalue weighted by atomic mass is 10.0. The summed E-state index contributed by atoms with van der Waals surface area (Å²) in [7, 11) is 0. The Kier molecular flexibility index (Phi) is 4.37. The fourth-order valence-electron chi connectivity index (χ4n) is 2.00. The molecule has 0 spiro atoms. The summed E-state index contributed by atoms with van der Waals surface area (Å²) >= 11 is 1.40. The van der Waals surface area contributed by atoms with Gasteiger partial charge in [-0.3, -0.25) is 4.79 Å². The van der Waals surface area contributed by atoms with Crippen LogP contribution in [-0.2, 0) is 0 Å². The summed E-state index contributed by atoms with van der Waals surface area (Å²) in [6.07, 6.45) is 2.17. The molecular weight excluding hydrogens is 258 g/mol. The zero-order valence-corrected chi connectivity index (χ0v) is 12.1. The van der Waals surface area contributed by atoms with Crippen LogP contribution >= 0.6 is 11.3 Å². The van der Waals surface area contributed by atoms with Crippen LogP contribution in [0.15, 0.2) is 18.2 Å². The third-order valence-corrected chi connectivity index (χ3v) is 4.22. The number of hydrogen-bond acceptors (Lipinski definition) is 4. The molecular formula is C14H19N3OS. The predicted octanol–water partition coefficient (Wildman–Crippen LogP) is 3.04. The van der Waals surface area contributed by atoms with E-state index in [0.717, 1.165) is 29.6 Å². The first-order valence-electron chi connectivity index (χ1n) is 6.58. The molecule has 1 amide bonds. The van der Waals surface area contributed by atoms with Crippen molar-refractivity contribution in [1.82, 2.24) is 10.3 Å². The minimum Gasteiger partial charge on any atom is -0.375 e. The number of thiazole rings is 1. The summed E-state index contributed by atoms with van der Waals surface area (Å²) in [4.78, 5) is 16.3. The summed E-state index contributed by atoms with van der Waals surface area (Å²) in [5.41, 5.74) is 7.17.